The molecule has 4 nitrogen and oxygen atoms in total. The number of halogens is 1. The van der Waals surface area contributed by atoms with Gasteiger partial charge >= 0.3 is 0 Å². The molecule has 108 valence electrons. The fourth-order valence-electron chi connectivity index (χ4n) is 2.52. The van der Waals surface area contributed by atoms with Crippen LogP contribution < -0.4 is 5.32 Å². The van der Waals surface area contributed by atoms with Crippen molar-refractivity contribution in [2.45, 2.75) is 20.4 Å². The number of nitrogens with one attached hydrogen (secondary N) is 1. The summed E-state index contributed by atoms with van der Waals surface area (Å²) in [6.45, 7) is 4.15. The Kier molecular flexibility index (Phi) is 3.33. The van der Waals surface area contributed by atoms with Gasteiger partial charge in [-0.3, -0.25) is 0 Å². The molecule has 0 saturated heterocycles. The summed E-state index contributed by atoms with van der Waals surface area (Å²) in [5.41, 5.74) is 4.22. The zero-order chi connectivity index (χ0) is 15.0. The number of pyridine rings is 1. The van der Waals surface area contributed by atoms with Gasteiger partial charge in [0.2, 0.25) is 0 Å². The Bertz CT molecular complexity index is 784. The number of hydrogen-bond donors (Lipinski definition) is 1. The molecule has 1 N–H and O–H groups in total. The molecule has 21 heavy (non-hydrogen) atoms. The first-order valence-electron chi connectivity index (χ1n) is 6.82. The van der Waals surface area contributed by atoms with Gasteiger partial charge in [-0.05, 0) is 36.6 Å². The first-order chi connectivity index (χ1) is 10.1. The Balaban J connectivity index is 1.87. The number of nitrogens with zero attached hydrogens (tertiary/aromatic N) is 3. The van der Waals surface area contributed by atoms with E-state index in [-0.39, 0.29) is 5.82 Å². The normalized spacial score (nSPS) is 11.0. The third-order valence-corrected chi connectivity index (χ3v) is 3.60. The van der Waals surface area contributed by atoms with E-state index in [0.717, 1.165) is 22.4 Å². The van der Waals surface area contributed by atoms with Gasteiger partial charge in [-0.25, -0.2) is 14.4 Å². The molecule has 1 aromatic carbocycles. The van der Waals surface area contributed by atoms with E-state index in [9.17, 15) is 4.39 Å². The number of aryl methyl sites for hydroxylation is 3. The summed E-state index contributed by atoms with van der Waals surface area (Å²) in [6.07, 6.45) is 3.53. The lowest BCUT2D eigenvalue weighted by atomic mass is 10.1. The van der Waals surface area contributed by atoms with Crippen LogP contribution in [0.4, 0.5) is 10.2 Å². The molecule has 0 saturated carbocycles. The summed E-state index contributed by atoms with van der Waals surface area (Å²) in [4.78, 5) is 8.69. The summed E-state index contributed by atoms with van der Waals surface area (Å²) in [5, 5.41) is 3.28. The monoisotopic (exact) mass is 284 g/mol. The van der Waals surface area contributed by atoms with Gasteiger partial charge in [0, 0.05) is 19.8 Å². The number of hydrogen-bond acceptors (Lipinski definition) is 3. The van der Waals surface area contributed by atoms with Gasteiger partial charge < -0.3 is 9.88 Å². The van der Waals surface area contributed by atoms with Crippen LogP contribution in [0.5, 0.6) is 0 Å². The zero-order valence-electron chi connectivity index (χ0n) is 12.3. The van der Waals surface area contributed by atoms with E-state index >= 15 is 0 Å². The highest BCUT2D eigenvalue weighted by atomic mass is 19.1. The molecule has 0 aliphatic heterocycles. The molecule has 2 aromatic heterocycles. The second-order valence-electron chi connectivity index (χ2n) is 5.28. The lowest BCUT2D eigenvalue weighted by molar-refractivity contribution is 0.608. The van der Waals surface area contributed by atoms with E-state index in [4.69, 9.17) is 0 Å². The Morgan fingerprint density at radius 2 is 1.90 bits per heavy atom. The first kappa shape index (κ1) is 13.5. The molecule has 3 aromatic rings. The van der Waals surface area contributed by atoms with Gasteiger partial charge in [0.05, 0.1) is 11.8 Å². The lowest BCUT2D eigenvalue weighted by Gasteiger charge is -2.09. The molecule has 0 amide bonds. The van der Waals surface area contributed by atoms with Gasteiger partial charge in [0.15, 0.2) is 5.82 Å². The molecule has 0 fully saturated rings. The number of aromatic nitrogens is 3. The van der Waals surface area contributed by atoms with Gasteiger partial charge in [0.1, 0.15) is 11.3 Å². The molecule has 0 radical (unpaired) electrons. The fraction of sp³-hybridized carbons (Fsp3) is 0.250. The average molecular weight is 284 g/mol. The van der Waals surface area contributed by atoms with Crippen molar-refractivity contribution >= 4 is 16.9 Å². The lowest BCUT2D eigenvalue weighted by Crippen LogP contribution is -2.03. The minimum absolute atomic E-state index is 0.135. The van der Waals surface area contributed by atoms with E-state index in [0.29, 0.717) is 17.7 Å². The minimum Gasteiger partial charge on any atom is -0.364 e. The van der Waals surface area contributed by atoms with E-state index in [1.54, 1.807) is 26.4 Å². The quantitative estimate of drug-likeness (QED) is 0.802. The van der Waals surface area contributed by atoms with Crippen molar-refractivity contribution in [2.24, 2.45) is 7.05 Å². The van der Waals surface area contributed by atoms with Crippen molar-refractivity contribution in [3.8, 4) is 0 Å². The number of benzene rings is 1. The summed E-state index contributed by atoms with van der Waals surface area (Å²) in [5.74, 6) is 0.608. The molecule has 3 rings (SSSR count). The van der Waals surface area contributed by atoms with Gasteiger partial charge in [-0.15, -0.1) is 0 Å². The Hall–Kier alpha value is -2.43. The van der Waals surface area contributed by atoms with E-state index in [2.05, 4.69) is 15.3 Å². The number of imidazole rings is 1. The molecular formula is C16H17FN4. The number of fused-ring (bicyclic) bond motifs is 1. The largest absolute Gasteiger partial charge is 0.364 e. The minimum atomic E-state index is -0.135. The van der Waals surface area contributed by atoms with Crippen LogP contribution in [0, 0.1) is 19.7 Å². The van der Waals surface area contributed by atoms with E-state index in [1.165, 1.54) is 0 Å². The summed E-state index contributed by atoms with van der Waals surface area (Å²) in [7, 11) is 1.95. The standard InChI is InChI=1S/C16H17FN4/c1-10-6-12(7-11(2)14(10)17)8-19-16-15-13(4-5-18-16)21(3)9-20-15/h4-7,9H,8H2,1-3H3,(H,18,19). The summed E-state index contributed by atoms with van der Waals surface area (Å²) < 4.78 is 15.6. The van der Waals surface area contributed by atoms with Crippen LogP contribution in [-0.2, 0) is 13.6 Å². The Labute approximate surface area is 122 Å². The van der Waals surface area contributed by atoms with Gasteiger partial charge in [0.25, 0.3) is 0 Å². The van der Waals surface area contributed by atoms with Crippen LogP contribution in [0.25, 0.3) is 11.0 Å². The highest BCUT2D eigenvalue weighted by molar-refractivity contribution is 5.85. The van der Waals surface area contributed by atoms with Gasteiger partial charge in [-0.1, -0.05) is 12.1 Å². The third-order valence-electron chi connectivity index (χ3n) is 3.60. The highest BCUT2D eigenvalue weighted by Gasteiger charge is 2.08. The molecule has 0 spiro atoms. The summed E-state index contributed by atoms with van der Waals surface area (Å²) in [6, 6.07) is 5.64. The second-order valence-corrected chi connectivity index (χ2v) is 5.28. The predicted molar refractivity (Wildman–Crippen MR) is 81.7 cm³/mol. The predicted octanol–water partition coefficient (Wildman–Crippen LogP) is 3.34. The molecule has 0 aliphatic carbocycles. The maximum atomic E-state index is 13.6. The Morgan fingerprint density at radius 1 is 1.19 bits per heavy atom. The van der Waals surface area contributed by atoms with Crippen molar-refractivity contribution in [3.05, 3.63) is 53.2 Å². The molecule has 5 heteroatoms. The maximum Gasteiger partial charge on any atom is 0.154 e. The van der Waals surface area contributed by atoms with Crippen LogP contribution in [0.2, 0.25) is 0 Å². The van der Waals surface area contributed by atoms with Crippen molar-refractivity contribution in [1.82, 2.24) is 14.5 Å². The van der Waals surface area contributed by atoms with Crippen molar-refractivity contribution in [1.29, 1.82) is 0 Å². The Morgan fingerprint density at radius 3 is 2.62 bits per heavy atom. The van der Waals surface area contributed by atoms with E-state index < -0.39 is 0 Å². The van der Waals surface area contributed by atoms with E-state index in [1.807, 2.05) is 29.8 Å². The van der Waals surface area contributed by atoms with Gasteiger partial charge in [-0.2, -0.15) is 0 Å². The molecule has 0 aliphatic rings. The fourth-order valence-corrected chi connectivity index (χ4v) is 2.52. The number of anilines is 1. The topological polar surface area (TPSA) is 42.7 Å². The van der Waals surface area contributed by atoms with Crippen molar-refractivity contribution in [3.63, 3.8) is 0 Å². The smallest absolute Gasteiger partial charge is 0.154 e. The van der Waals surface area contributed by atoms with Crippen LogP contribution in [-0.4, -0.2) is 14.5 Å². The SMILES string of the molecule is Cc1cc(CNc2nccc3c2ncn3C)cc(C)c1F. The van der Waals surface area contributed by atoms with Crippen molar-refractivity contribution < 1.29 is 4.39 Å². The molecule has 0 bridgehead atoms. The van der Waals surface area contributed by atoms with Crippen molar-refractivity contribution in [2.75, 3.05) is 5.32 Å². The molecule has 0 atom stereocenters. The first-order valence-corrected chi connectivity index (χ1v) is 6.82. The summed E-state index contributed by atoms with van der Waals surface area (Å²) >= 11 is 0. The molecular weight excluding hydrogens is 267 g/mol. The maximum absolute atomic E-state index is 13.6. The molecule has 0 unspecified atom stereocenters. The van der Waals surface area contributed by atoms with Crippen LogP contribution in [0.1, 0.15) is 16.7 Å². The third kappa shape index (κ3) is 2.46. The van der Waals surface area contributed by atoms with Crippen LogP contribution >= 0.6 is 0 Å². The average Bonchev–Trinajstić information content (AvgIpc) is 2.85. The zero-order valence-corrected chi connectivity index (χ0v) is 12.3. The van der Waals surface area contributed by atoms with Crippen LogP contribution in [0.15, 0.2) is 30.7 Å². The van der Waals surface area contributed by atoms with Crippen LogP contribution in [0.3, 0.4) is 0 Å². The highest BCUT2D eigenvalue weighted by Crippen LogP contribution is 2.20. The number of rotatable bonds is 3. The second kappa shape index (κ2) is 5.16. The molecule has 2 heterocycles.